The lowest BCUT2D eigenvalue weighted by Crippen LogP contribution is -2.33. The van der Waals surface area contributed by atoms with Crippen molar-refractivity contribution in [2.24, 2.45) is 17.3 Å². The van der Waals surface area contributed by atoms with Crippen LogP contribution in [0.5, 0.6) is 0 Å². The third kappa shape index (κ3) is 7.41. The van der Waals surface area contributed by atoms with Gasteiger partial charge in [-0.1, -0.05) is 75.8 Å². The number of aliphatic hydroxyl groups is 1. The Morgan fingerprint density at radius 1 is 1.07 bits per heavy atom. The largest absolute Gasteiger partial charge is 0.393 e. The van der Waals surface area contributed by atoms with E-state index in [2.05, 4.69) is 30.7 Å². The maximum absolute atomic E-state index is 9.94. The Bertz CT molecular complexity index is 543. The highest BCUT2D eigenvalue weighted by molar-refractivity contribution is 7.97. The third-order valence-corrected chi connectivity index (χ3v) is 8.50. The first kappa shape index (κ1) is 26.0. The van der Waals surface area contributed by atoms with Crippen molar-refractivity contribution in [1.29, 1.82) is 0 Å². The van der Waals surface area contributed by atoms with Crippen LogP contribution in [-0.2, 0) is 0 Å². The molecule has 3 aliphatic carbocycles. The van der Waals surface area contributed by atoms with Gasteiger partial charge >= 0.3 is 0 Å². The first-order valence-corrected chi connectivity index (χ1v) is 14.0. The topological polar surface area (TPSA) is 32.3 Å². The Morgan fingerprint density at radius 2 is 1.90 bits per heavy atom. The predicted octanol–water partition coefficient (Wildman–Crippen LogP) is 7.83. The molecule has 0 aromatic carbocycles. The maximum Gasteiger partial charge on any atom is 0.0577 e. The number of fused-ring (bicyclic) bond motifs is 1. The zero-order valence-electron chi connectivity index (χ0n) is 20.3. The summed E-state index contributed by atoms with van der Waals surface area (Å²) in [7, 11) is 0. The van der Waals surface area contributed by atoms with Crippen molar-refractivity contribution in [1.82, 2.24) is 4.72 Å². The standard InChI is InChI=1S/C25H43NOS.C2H6/c1-3-28-26-18-6-4-5-11-22-15-16-24-21(10-8-17-25(22,24)2)14-13-20-9-7-12-23(27)19-20;1-2/h13-14,22-24,26-27H,3-12,15-19H2,1-2H3;1-2H3/b20-13-,21-14+;. The summed E-state index contributed by atoms with van der Waals surface area (Å²) in [6, 6.07) is 0. The fourth-order valence-corrected chi connectivity index (χ4v) is 6.70. The fraction of sp³-hybridized carbons (Fsp3) is 0.852. The molecule has 3 rings (SSSR count). The molecule has 0 amide bonds. The molecule has 3 fully saturated rings. The third-order valence-electron chi connectivity index (χ3n) is 7.80. The summed E-state index contributed by atoms with van der Waals surface area (Å²) in [4.78, 5) is 0. The van der Waals surface area contributed by atoms with E-state index in [4.69, 9.17) is 0 Å². The minimum atomic E-state index is -0.0957. The van der Waals surface area contributed by atoms with Crippen molar-refractivity contribution in [3.05, 3.63) is 23.3 Å². The lowest BCUT2D eigenvalue weighted by Gasteiger charge is -2.42. The van der Waals surface area contributed by atoms with Gasteiger partial charge in [0.2, 0.25) is 0 Å². The molecule has 0 aromatic heterocycles. The van der Waals surface area contributed by atoms with Crippen LogP contribution in [0.4, 0.5) is 0 Å². The summed E-state index contributed by atoms with van der Waals surface area (Å²) in [6.07, 6.45) is 21.5. The van der Waals surface area contributed by atoms with Gasteiger partial charge in [0.15, 0.2) is 0 Å². The molecule has 30 heavy (non-hydrogen) atoms. The molecule has 2 N–H and O–H groups in total. The SMILES string of the molecule is CC.CCSNCCCCCC1CCC2/C(=C/C=C3/CCCC(O)C3)CCCC12C. The molecule has 3 heteroatoms. The molecular formula is C27H49NOS. The van der Waals surface area contributed by atoms with Crippen LogP contribution in [-0.4, -0.2) is 23.5 Å². The van der Waals surface area contributed by atoms with E-state index in [1.54, 1.807) is 5.57 Å². The van der Waals surface area contributed by atoms with Crippen LogP contribution in [0.2, 0.25) is 0 Å². The zero-order valence-corrected chi connectivity index (χ0v) is 21.2. The lowest BCUT2D eigenvalue weighted by molar-refractivity contribution is 0.127. The van der Waals surface area contributed by atoms with Crippen molar-refractivity contribution in [3.63, 3.8) is 0 Å². The smallest absolute Gasteiger partial charge is 0.0577 e. The maximum atomic E-state index is 9.94. The number of allylic oxidation sites excluding steroid dienone is 3. The summed E-state index contributed by atoms with van der Waals surface area (Å²) in [5, 5.41) is 9.94. The number of aliphatic hydroxyl groups excluding tert-OH is 1. The lowest BCUT2D eigenvalue weighted by atomic mass is 9.62. The fourth-order valence-electron chi connectivity index (χ4n) is 6.21. The van der Waals surface area contributed by atoms with Gasteiger partial charge in [-0.2, -0.15) is 0 Å². The number of nitrogens with one attached hydrogen (secondary N) is 1. The molecule has 0 heterocycles. The van der Waals surface area contributed by atoms with E-state index in [1.165, 1.54) is 76.3 Å². The summed E-state index contributed by atoms with van der Waals surface area (Å²) in [5.74, 6) is 2.91. The van der Waals surface area contributed by atoms with Gasteiger partial charge in [-0.15, -0.1) is 0 Å². The quantitative estimate of drug-likeness (QED) is 0.286. The Morgan fingerprint density at radius 3 is 2.67 bits per heavy atom. The second kappa shape index (κ2) is 14.0. The van der Waals surface area contributed by atoms with E-state index in [0.717, 1.165) is 36.9 Å². The highest BCUT2D eigenvalue weighted by atomic mass is 32.2. The van der Waals surface area contributed by atoms with E-state index >= 15 is 0 Å². The van der Waals surface area contributed by atoms with Crippen molar-refractivity contribution in [2.45, 2.75) is 117 Å². The Labute approximate surface area is 191 Å². The van der Waals surface area contributed by atoms with Crippen LogP contribution in [0.1, 0.15) is 111 Å². The molecule has 0 aliphatic heterocycles. The summed E-state index contributed by atoms with van der Waals surface area (Å²) in [5.41, 5.74) is 3.75. The van der Waals surface area contributed by atoms with Crippen LogP contribution in [0.15, 0.2) is 23.3 Å². The van der Waals surface area contributed by atoms with Crippen LogP contribution in [0.25, 0.3) is 0 Å². The molecule has 174 valence electrons. The van der Waals surface area contributed by atoms with E-state index < -0.39 is 0 Å². The van der Waals surface area contributed by atoms with Crippen LogP contribution < -0.4 is 4.72 Å². The van der Waals surface area contributed by atoms with Gasteiger partial charge in [-0.05, 0) is 87.9 Å². The average Bonchev–Trinajstić information content (AvgIpc) is 3.10. The molecule has 4 unspecified atom stereocenters. The predicted molar refractivity (Wildman–Crippen MR) is 135 cm³/mol. The first-order chi connectivity index (χ1) is 14.6. The summed E-state index contributed by atoms with van der Waals surface area (Å²) in [6.45, 7) is 9.98. The number of rotatable bonds is 9. The normalized spacial score (nSPS) is 34.0. The molecule has 0 bridgehead atoms. The first-order valence-electron chi connectivity index (χ1n) is 13.0. The van der Waals surface area contributed by atoms with Gasteiger partial charge in [0.25, 0.3) is 0 Å². The van der Waals surface area contributed by atoms with Crippen molar-refractivity contribution >= 4 is 11.9 Å². The zero-order chi connectivity index (χ0) is 21.8. The molecule has 0 spiro atoms. The minimum Gasteiger partial charge on any atom is -0.393 e. The van der Waals surface area contributed by atoms with E-state index in [-0.39, 0.29) is 6.10 Å². The van der Waals surface area contributed by atoms with Gasteiger partial charge in [0.1, 0.15) is 0 Å². The molecule has 0 saturated heterocycles. The van der Waals surface area contributed by atoms with Crippen LogP contribution >= 0.6 is 11.9 Å². The molecule has 2 nitrogen and oxygen atoms in total. The van der Waals surface area contributed by atoms with Gasteiger partial charge in [0.05, 0.1) is 6.10 Å². The van der Waals surface area contributed by atoms with E-state index in [1.807, 2.05) is 25.8 Å². The number of hydrogen-bond donors (Lipinski definition) is 2. The Hall–Kier alpha value is -0.250. The molecular weight excluding hydrogens is 386 g/mol. The van der Waals surface area contributed by atoms with Crippen molar-refractivity contribution in [2.75, 3.05) is 12.3 Å². The highest BCUT2D eigenvalue weighted by Gasteiger charge is 2.48. The molecule has 4 atom stereocenters. The van der Waals surface area contributed by atoms with Gasteiger partial charge < -0.3 is 5.11 Å². The molecule has 3 aliphatic rings. The summed E-state index contributed by atoms with van der Waals surface area (Å²) < 4.78 is 3.45. The second-order valence-corrected chi connectivity index (χ2v) is 10.8. The van der Waals surface area contributed by atoms with Gasteiger partial charge in [0, 0.05) is 12.3 Å². The molecule has 0 aromatic rings. The van der Waals surface area contributed by atoms with Crippen LogP contribution in [0.3, 0.4) is 0 Å². The molecule has 3 saturated carbocycles. The Balaban J connectivity index is 0.00000155. The second-order valence-electron chi connectivity index (χ2n) is 9.68. The van der Waals surface area contributed by atoms with Gasteiger partial charge in [-0.25, -0.2) is 0 Å². The van der Waals surface area contributed by atoms with E-state index in [0.29, 0.717) is 5.41 Å². The average molecular weight is 436 g/mol. The van der Waals surface area contributed by atoms with Crippen molar-refractivity contribution in [3.8, 4) is 0 Å². The van der Waals surface area contributed by atoms with Crippen molar-refractivity contribution < 1.29 is 5.11 Å². The number of unbranched alkanes of at least 4 members (excludes halogenated alkanes) is 2. The molecule has 0 radical (unpaired) electrons. The summed E-state index contributed by atoms with van der Waals surface area (Å²) >= 11 is 1.85. The van der Waals surface area contributed by atoms with E-state index in [9.17, 15) is 5.11 Å². The van der Waals surface area contributed by atoms with Gasteiger partial charge in [-0.3, -0.25) is 4.72 Å². The number of hydrogen-bond acceptors (Lipinski definition) is 3. The monoisotopic (exact) mass is 435 g/mol. The minimum absolute atomic E-state index is 0.0957. The van der Waals surface area contributed by atoms with Crippen LogP contribution in [0, 0.1) is 17.3 Å². The highest BCUT2D eigenvalue weighted by Crippen LogP contribution is 2.58. The Kier molecular flexibility index (Phi) is 12.1.